The molecule has 0 spiro atoms. The van der Waals surface area contributed by atoms with E-state index >= 15 is 0 Å². The van der Waals surface area contributed by atoms with Crippen LogP contribution in [-0.4, -0.2) is 24.8 Å². The number of amides is 1. The van der Waals surface area contributed by atoms with Crippen molar-refractivity contribution in [3.63, 3.8) is 0 Å². The van der Waals surface area contributed by atoms with E-state index in [-0.39, 0.29) is 12.5 Å². The van der Waals surface area contributed by atoms with E-state index in [0.717, 1.165) is 24.3 Å². The molecule has 3 nitrogen and oxygen atoms in total. The maximum absolute atomic E-state index is 11.9. The van der Waals surface area contributed by atoms with Crippen LogP contribution < -0.4 is 10.1 Å². The summed E-state index contributed by atoms with van der Waals surface area (Å²) in [5.74, 6) is 1.58. The molecule has 0 aromatic heterocycles. The molecular formula is C21H25NO2S. The summed E-state index contributed by atoms with van der Waals surface area (Å²) in [6.07, 6.45) is 4.80. The second kappa shape index (κ2) is 8.95. The summed E-state index contributed by atoms with van der Waals surface area (Å²) in [5, 5.41) is 2.91. The predicted molar refractivity (Wildman–Crippen MR) is 103 cm³/mol. The number of aryl methyl sites for hydroxylation is 3. The summed E-state index contributed by atoms with van der Waals surface area (Å²) in [7, 11) is 0. The van der Waals surface area contributed by atoms with Gasteiger partial charge in [-0.05, 0) is 68.0 Å². The lowest BCUT2D eigenvalue weighted by Crippen LogP contribution is -2.30. The topological polar surface area (TPSA) is 38.3 Å². The Balaban J connectivity index is 1.36. The van der Waals surface area contributed by atoms with Crippen LogP contribution in [-0.2, 0) is 17.6 Å². The highest BCUT2D eigenvalue weighted by atomic mass is 32.2. The first kappa shape index (κ1) is 17.9. The monoisotopic (exact) mass is 355 g/mol. The Bertz CT molecular complexity index is 712. The lowest BCUT2D eigenvalue weighted by molar-refractivity contribution is -0.122. The largest absolute Gasteiger partial charge is 0.484 e. The fourth-order valence-corrected chi connectivity index (χ4v) is 3.76. The van der Waals surface area contributed by atoms with Gasteiger partial charge >= 0.3 is 0 Å². The van der Waals surface area contributed by atoms with Gasteiger partial charge in [0.1, 0.15) is 5.75 Å². The molecule has 1 amide bonds. The van der Waals surface area contributed by atoms with Gasteiger partial charge in [-0.25, -0.2) is 0 Å². The van der Waals surface area contributed by atoms with Crippen molar-refractivity contribution in [1.29, 1.82) is 0 Å². The smallest absolute Gasteiger partial charge is 0.257 e. The van der Waals surface area contributed by atoms with Gasteiger partial charge in [0.15, 0.2) is 6.61 Å². The Morgan fingerprint density at radius 2 is 1.84 bits per heavy atom. The fraction of sp³-hybridized carbons (Fsp3) is 0.381. The van der Waals surface area contributed by atoms with E-state index in [4.69, 9.17) is 4.74 Å². The number of fused-ring (bicyclic) bond motifs is 1. The summed E-state index contributed by atoms with van der Waals surface area (Å²) in [5.41, 5.74) is 4.06. The molecule has 1 aliphatic rings. The van der Waals surface area contributed by atoms with E-state index in [2.05, 4.69) is 48.6 Å². The Labute approximate surface area is 154 Å². The zero-order valence-corrected chi connectivity index (χ0v) is 15.5. The third kappa shape index (κ3) is 5.53. The van der Waals surface area contributed by atoms with Crippen LogP contribution >= 0.6 is 11.8 Å². The van der Waals surface area contributed by atoms with Gasteiger partial charge in [0.05, 0.1) is 0 Å². The fourth-order valence-electron chi connectivity index (χ4n) is 2.99. The van der Waals surface area contributed by atoms with Gasteiger partial charge in [-0.1, -0.05) is 23.8 Å². The number of nitrogens with one attached hydrogen (secondary N) is 1. The van der Waals surface area contributed by atoms with Crippen LogP contribution in [0.3, 0.4) is 0 Å². The Morgan fingerprint density at radius 3 is 2.64 bits per heavy atom. The molecule has 1 N–H and O–H groups in total. The van der Waals surface area contributed by atoms with Crippen LogP contribution in [0.15, 0.2) is 47.4 Å². The first-order valence-electron chi connectivity index (χ1n) is 8.91. The molecule has 0 saturated heterocycles. The first-order valence-corrected chi connectivity index (χ1v) is 9.90. The molecular weight excluding hydrogens is 330 g/mol. The average molecular weight is 356 g/mol. The highest BCUT2D eigenvalue weighted by Gasteiger charge is 2.10. The lowest BCUT2D eigenvalue weighted by atomic mass is 9.92. The van der Waals surface area contributed by atoms with Crippen LogP contribution in [0.1, 0.15) is 29.5 Å². The molecule has 132 valence electrons. The molecule has 2 aromatic rings. The van der Waals surface area contributed by atoms with Gasteiger partial charge in [-0.15, -0.1) is 11.8 Å². The molecule has 0 saturated carbocycles. The predicted octanol–water partition coefficient (Wildman–Crippen LogP) is 4.16. The van der Waals surface area contributed by atoms with Crippen LogP contribution in [0, 0.1) is 6.92 Å². The van der Waals surface area contributed by atoms with E-state index in [0.29, 0.717) is 6.54 Å². The van der Waals surface area contributed by atoms with Crippen molar-refractivity contribution in [3.8, 4) is 5.75 Å². The van der Waals surface area contributed by atoms with Gasteiger partial charge in [0.2, 0.25) is 0 Å². The second-order valence-corrected chi connectivity index (χ2v) is 7.61. The van der Waals surface area contributed by atoms with E-state index in [1.807, 2.05) is 6.07 Å². The Hall–Kier alpha value is -1.94. The van der Waals surface area contributed by atoms with Crippen molar-refractivity contribution in [2.45, 2.75) is 37.5 Å². The van der Waals surface area contributed by atoms with Crippen molar-refractivity contribution in [2.75, 3.05) is 18.9 Å². The molecule has 0 aliphatic heterocycles. The number of carbonyl (C=O) groups is 1. The van der Waals surface area contributed by atoms with E-state index < -0.39 is 0 Å². The summed E-state index contributed by atoms with van der Waals surface area (Å²) in [6.45, 7) is 2.80. The number of benzene rings is 2. The van der Waals surface area contributed by atoms with Crippen LogP contribution in [0.2, 0.25) is 0 Å². The zero-order valence-electron chi connectivity index (χ0n) is 14.7. The molecule has 1 aliphatic carbocycles. The van der Waals surface area contributed by atoms with Crippen molar-refractivity contribution in [2.24, 2.45) is 0 Å². The zero-order chi connectivity index (χ0) is 17.5. The summed E-state index contributed by atoms with van der Waals surface area (Å²) in [4.78, 5) is 13.1. The SMILES string of the molecule is Cc1ccc(SCCNC(=O)COc2ccc3c(c2)CCCC3)cc1. The van der Waals surface area contributed by atoms with E-state index in [1.165, 1.54) is 34.4 Å². The van der Waals surface area contributed by atoms with Gasteiger partial charge < -0.3 is 10.1 Å². The third-order valence-corrected chi connectivity index (χ3v) is 5.42. The number of hydrogen-bond acceptors (Lipinski definition) is 3. The molecule has 0 fully saturated rings. The van der Waals surface area contributed by atoms with E-state index in [1.54, 1.807) is 11.8 Å². The second-order valence-electron chi connectivity index (χ2n) is 6.44. The molecule has 0 radical (unpaired) electrons. The van der Waals surface area contributed by atoms with Crippen molar-refractivity contribution >= 4 is 17.7 Å². The van der Waals surface area contributed by atoms with Crippen molar-refractivity contribution in [1.82, 2.24) is 5.32 Å². The van der Waals surface area contributed by atoms with Crippen molar-refractivity contribution in [3.05, 3.63) is 59.2 Å². The molecule has 4 heteroatoms. The van der Waals surface area contributed by atoms with E-state index in [9.17, 15) is 4.79 Å². The standard InChI is InChI=1S/C21H25NO2S/c1-16-6-10-20(11-7-16)25-13-12-22-21(23)15-24-19-9-8-17-4-2-3-5-18(17)14-19/h6-11,14H,2-5,12-13,15H2,1H3,(H,22,23). The minimum atomic E-state index is -0.0674. The maximum atomic E-state index is 11.9. The molecule has 25 heavy (non-hydrogen) atoms. The Morgan fingerprint density at radius 1 is 1.08 bits per heavy atom. The summed E-state index contributed by atoms with van der Waals surface area (Å²) >= 11 is 1.75. The highest BCUT2D eigenvalue weighted by Crippen LogP contribution is 2.25. The van der Waals surface area contributed by atoms with Gasteiger partial charge in [0, 0.05) is 17.2 Å². The highest BCUT2D eigenvalue weighted by molar-refractivity contribution is 7.99. The third-order valence-electron chi connectivity index (χ3n) is 4.40. The molecule has 0 heterocycles. The minimum Gasteiger partial charge on any atom is -0.484 e. The number of carbonyl (C=O) groups excluding carboxylic acids is 1. The van der Waals surface area contributed by atoms with Gasteiger partial charge in [0.25, 0.3) is 5.91 Å². The molecule has 0 unspecified atom stereocenters. The number of ether oxygens (including phenoxy) is 1. The number of thioether (sulfide) groups is 1. The van der Waals surface area contributed by atoms with Crippen LogP contribution in [0.4, 0.5) is 0 Å². The lowest BCUT2D eigenvalue weighted by Gasteiger charge is -2.16. The molecule has 3 rings (SSSR count). The summed E-state index contributed by atoms with van der Waals surface area (Å²) in [6, 6.07) is 14.6. The van der Waals surface area contributed by atoms with Gasteiger partial charge in [-0.2, -0.15) is 0 Å². The number of hydrogen-bond donors (Lipinski definition) is 1. The van der Waals surface area contributed by atoms with Crippen LogP contribution in [0.5, 0.6) is 5.75 Å². The Kier molecular flexibility index (Phi) is 6.40. The first-order chi connectivity index (χ1) is 12.2. The normalized spacial score (nSPS) is 13.2. The van der Waals surface area contributed by atoms with Gasteiger partial charge in [-0.3, -0.25) is 4.79 Å². The minimum absolute atomic E-state index is 0.0674. The summed E-state index contributed by atoms with van der Waals surface area (Å²) < 4.78 is 5.64. The molecule has 0 bridgehead atoms. The quantitative estimate of drug-likeness (QED) is 0.599. The van der Waals surface area contributed by atoms with Crippen molar-refractivity contribution < 1.29 is 9.53 Å². The average Bonchev–Trinajstić information content (AvgIpc) is 2.65. The molecule has 2 aromatic carbocycles. The maximum Gasteiger partial charge on any atom is 0.257 e. The molecule has 0 atom stereocenters. The van der Waals surface area contributed by atoms with Crippen LogP contribution in [0.25, 0.3) is 0 Å². The number of rotatable bonds is 7.